The van der Waals surface area contributed by atoms with E-state index in [1.807, 2.05) is 19.1 Å². The molecular weight excluding hydrogens is 282 g/mol. The van der Waals surface area contributed by atoms with Crippen LogP contribution < -0.4 is 5.32 Å². The number of nitrogens with one attached hydrogen (secondary N) is 1. The molecule has 0 fully saturated rings. The van der Waals surface area contributed by atoms with Crippen molar-refractivity contribution in [2.45, 2.75) is 38.8 Å². The Balaban J connectivity index is 2.89. The Morgan fingerprint density at radius 3 is 2.53 bits per heavy atom. The summed E-state index contributed by atoms with van der Waals surface area (Å²) >= 11 is 3.41. The molecule has 2 unspecified atom stereocenters. The summed E-state index contributed by atoms with van der Waals surface area (Å²) in [6.45, 7) is 4.20. The average Bonchev–Trinajstić information content (AvgIpc) is 2.34. The fourth-order valence-electron chi connectivity index (χ4n) is 1.82. The Hall–Kier alpha value is -0.580. The Kier molecular flexibility index (Phi) is 5.95. The number of aromatic hydroxyl groups is 1. The van der Waals surface area contributed by atoms with Crippen molar-refractivity contribution in [2.24, 2.45) is 0 Å². The van der Waals surface area contributed by atoms with Crippen molar-refractivity contribution >= 4 is 15.9 Å². The Labute approximate surface area is 111 Å². The highest BCUT2D eigenvalue weighted by atomic mass is 79.9. The van der Waals surface area contributed by atoms with E-state index in [1.165, 1.54) is 0 Å². The van der Waals surface area contributed by atoms with Crippen LogP contribution in [-0.2, 0) is 0 Å². The first-order valence-electron chi connectivity index (χ1n) is 5.97. The Bertz CT molecular complexity index is 353. The minimum absolute atomic E-state index is 0.0598. The van der Waals surface area contributed by atoms with Gasteiger partial charge in [0.15, 0.2) is 0 Å². The number of rotatable bonds is 6. The third-order valence-electron chi connectivity index (χ3n) is 2.92. The van der Waals surface area contributed by atoms with E-state index in [1.54, 1.807) is 6.07 Å². The molecule has 0 saturated heterocycles. The lowest BCUT2D eigenvalue weighted by molar-refractivity contribution is 0.225. The van der Waals surface area contributed by atoms with Gasteiger partial charge in [-0.15, -0.1) is 0 Å². The summed E-state index contributed by atoms with van der Waals surface area (Å²) in [5.41, 5.74) is 0.869. The van der Waals surface area contributed by atoms with E-state index in [-0.39, 0.29) is 18.7 Å². The van der Waals surface area contributed by atoms with Gasteiger partial charge in [0.1, 0.15) is 5.75 Å². The normalized spacial score (nSPS) is 14.6. The number of halogens is 1. The maximum atomic E-state index is 9.87. The number of hydrogen-bond donors (Lipinski definition) is 3. The molecular formula is C13H20BrNO2. The molecule has 3 N–H and O–H groups in total. The topological polar surface area (TPSA) is 52.5 Å². The third-order valence-corrected chi connectivity index (χ3v) is 3.42. The molecule has 3 nitrogen and oxygen atoms in total. The maximum absolute atomic E-state index is 9.87. The fraction of sp³-hybridized carbons (Fsp3) is 0.538. The standard InChI is InChI=1S/C13H20BrNO2/c1-3-10(8-16)15-12(4-2)11-7-9(14)5-6-13(11)17/h5-7,10,12,15-17H,3-4,8H2,1-2H3. The quantitative estimate of drug-likeness (QED) is 0.757. The van der Waals surface area contributed by atoms with Crippen LogP contribution in [0, 0.1) is 0 Å². The summed E-state index contributed by atoms with van der Waals surface area (Å²) in [4.78, 5) is 0. The lowest BCUT2D eigenvalue weighted by atomic mass is 10.0. The lowest BCUT2D eigenvalue weighted by Crippen LogP contribution is -2.35. The molecule has 17 heavy (non-hydrogen) atoms. The van der Waals surface area contributed by atoms with Crippen molar-refractivity contribution in [2.75, 3.05) is 6.61 Å². The lowest BCUT2D eigenvalue weighted by Gasteiger charge is -2.24. The number of aliphatic hydroxyl groups excluding tert-OH is 1. The second-order valence-corrected chi connectivity index (χ2v) is 5.03. The first-order chi connectivity index (χ1) is 8.12. The van der Waals surface area contributed by atoms with E-state index in [2.05, 4.69) is 28.2 Å². The van der Waals surface area contributed by atoms with Crippen molar-refractivity contribution in [1.82, 2.24) is 5.32 Å². The summed E-state index contributed by atoms with van der Waals surface area (Å²) in [5, 5.41) is 22.4. The average molecular weight is 302 g/mol. The second kappa shape index (κ2) is 6.99. The van der Waals surface area contributed by atoms with Gasteiger partial charge in [-0.05, 0) is 31.0 Å². The van der Waals surface area contributed by atoms with Gasteiger partial charge in [0.25, 0.3) is 0 Å². The second-order valence-electron chi connectivity index (χ2n) is 4.12. The SMILES string of the molecule is CCC(CO)NC(CC)c1cc(Br)ccc1O. The van der Waals surface area contributed by atoms with Gasteiger partial charge >= 0.3 is 0 Å². The zero-order valence-electron chi connectivity index (χ0n) is 10.3. The molecule has 4 heteroatoms. The van der Waals surface area contributed by atoms with Gasteiger partial charge in [-0.2, -0.15) is 0 Å². The van der Waals surface area contributed by atoms with Gasteiger partial charge in [0.05, 0.1) is 6.61 Å². The molecule has 0 aromatic heterocycles. The van der Waals surface area contributed by atoms with E-state index in [0.29, 0.717) is 5.75 Å². The monoisotopic (exact) mass is 301 g/mol. The first-order valence-corrected chi connectivity index (χ1v) is 6.76. The summed E-state index contributed by atoms with van der Waals surface area (Å²) < 4.78 is 0.947. The molecule has 0 aliphatic heterocycles. The molecule has 0 heterocycles. The van der Waals surface area contributed by atoms with E-state index in [4.69, 9.17) is 0 Å². The molecule has 2 atom stereocenters. The van der Waals surface area contributed by atoms with Gasteiger partial charge in [0, 0.05) is 22.1 Å². The van der Waals surface area contributed by atoms with Crippen LogP contribution in [0.3, 0.4) is 0 Å². The molecule has 96 valence electrons. The molecule has 0 aliphatic carbocycles. The van der Waals surface area contributed by atoms with Crippen LogP contribution in [0.1, 0.15) is 38.3 Å². The molecule has 1 aromatic rings. The number of hydrogen-bond acceptors (Lipinski definition) is 3. The first kappa shape index (κ1) is 14.5. The van der Waals surface area contributed by atoms with Gasteiger partial charge < -0.3 is 15.5 Å². The van der Waals surface area contributed by atoms with Crippen LogP contribution in [0.25, 0.3) is 0 Å². The molecule has 0 saturated carbocycles. The van der Waals surface area contributed by atoms with E-state index in [0.717, 1.165) is 22.9 Å². The van der Waals surface area contributed by atoms with Crippen molar-refractivity contribution < 1.29 is 10.2 Å². The highest BCUT2D eigenvalue weighted by molar-refractivity contribution is 9.10. The number of phenolic OH excluding ortho intramolecular Hbond substituents is 1. The third kappa shape index (κ3) is 3.98. The molecule has 0 radical (unpaired) electrons. The number of phenols is 1. The molecule has 0 spiro atoms. The Morgan fingerprint density at radius 2 is 2.00 bits per heavy atom. The number of aliphatic hydroxyl groups is 1. The van der Waals surface area contributed by atoms with Crippen LogP contribution in [-0.4, -0.2) is 22.9 Å². The van der Waals surface area contributed by atoms with E-state index in [9.17, 15) is 10.2 Å². The highest BCUT2D eigenvalue weighted by Gasteiger charge is 2.17. The van der Waals surface area contributed by atoms with Crippen LogP contribution in [0.4, 0.5) is 0 Å². The smallest absolute Gasteiger partial charge is 0.120 e. The van der Waals surface area contributed by atoms with Crippen molar-refractivity contribution in [3.63, 3.8) is 0 Å². The fourth-order valence-corrected chi connectivity index (χ4v) is 2.19. The van der Waals surface area contributed by atoms with Crippen LogP contribution in [0.15, 0.2) is 22.7 Å². The van der Waals surface area contributed by atoms with Gasteiger partial charge in [-0.3, -0.25) is 0 Å². The van der Waals surface area contributed by atoms with Crippen molar-refractivity contribution in [1.29, 1.82) is 0 Å². The molecule has 1 aromatic carbocycles. The predicted octanol–water partition coefficient (Wildman–Crippen LogP) is 2.97. The highest BCUT2D eigenvalue weighted by Crippen LogP contribution is 2.29. The molecule has 0 aliphatic rings. The van der Waals surface area contributed by atoms with Crippen molar-refractivity contribution in [3.05, 3.63) is 28.2 Å². The van der Waals surface area contributed by atoms with Crippen LogP contribution >= 0.6 is 15.9 Å². The zero-order valence-corrected chi connectivity index (χ0v) is 11.9. The maximum Gasteiger partial charge on any atom is 0.120 e. The molecule has 0 amide bonds. The van der Waals surface area contributed by atoms with Gasteiger partial charge in [0.2, 0.25) is 0 Å². The van der Waals surface area contributed by atoms with Gasteiger partial charge in [-0.25, -0.2) is 0 Å². The summed E-state index contributed by atoms with van der Waals surface area (Å²) in [5.74, 6) is 0.292. The van der Waals surface area contributed by atoms with E-state index >= 15 is 0 Å². The van der Waals surface area contributed by atoms with Gasteiger partial charge in [-0.1, -0.05) is 29.8 Å². The summed E-state index contributed by atoms with van der Waals surface area (Å²) in [7, 11) is 0. The minimum atomic E-state index is 0.0598. The van der Waals surface area contributed by atoms with Crippen molar-refractivity contribution in [3.8, 4) is 5.75 Å². The molecule has 0 bridgehead atoms. The Morgan fingerprint density at radius 1 is 1.29 bits per heavy atom. The molecule has 1 rings (SSSR count). The van der Waals surface area contributed by atoms with Crippen LogP contribution in [0.2, 0.25) is 0 Å². The number of benzene rings is 1. The summed E-state index contributed by atoms with van der Waals surface area (Å²) in [6, 6.07) is 5.54. The minimum Gasteiger partial charge on any atom is -0.508 e. The largest absolute Gasteiger partial charge is 0.508 e. The van der Waals surface area contributed by atoms with E-state index < -0.39 is 0 Å². The zero-order chi connectivity index (χ0) is 12.8. The summed E-state index contributed by atoms with van der Waals surface area (Å²) in [6.07, 6.45) is 1.72. The predicted molar refractivity (Wildman–Crippen MR) is 73.1 cm³/mol. The van der Waals surface area contributed by atoms with Crippen LogP contribution in [0.5, 0.6) is 5.75 Å².